The Hall–Kier alpha value is -1.61. The van der Waals surface area contributed by atoms with Gasteiger partial charge in [0.05, 0.1) is 18.9 Å². The summed E-state index contributed by atoms with van der Waals surface area (Å²) in [6.45, 7) is 1.52. The summed E-state index contributed by atoms with van der Waals surface area (Å²) in [5.74, 6) is 0.130. The number of allylic oxidation sites excluding steroid dienone is 1. The zero-order valence-corrected chi connectivity index (χ0v) is 14.0. The third kappa shape index (κ3) is 5.43. The van der Waals surface area contributed by atoms with Crippen molar-refractivity contribution in [1.82, 2.24) is 4.90 Å². The van der Waals surface area contributed by atoms with Crippen LogP contribution in [0.2, 0.25) is 5.02 Å². The molecule has 0 saturated carbocycles. The molecule has 1 aliphatic rings. The first-order valence-electron chi connectivity index (χ1n) is 7.52. The molecular weight excluding hydrogens is 359 g/mol. The molecule has 0 aromatic heterocycles. The highest BCUT2D eigenvalue weighted by molar-refractivity contribution is 6.31. The normalized spacial score (nSPS) is 17.4. The first-order chi connectivity index (χ1) is 11.7. The molecule has 1 fully saturated rings. The van der Waals surface area contributed by atoms with E-state index in [4.69, 9.17) is 27.5 Å². The van der Waals surface area contributed by atoms with Gasteiger partial charge in [-0.2, -0.15) is 13.2 Å². The van der Waals surface area contributed by atoms with E-state index in [-0.39, 0.29) is 12.5 Å². The Kier molecular flexibility index (Phi) is 6.45. The minimum absolute atomic E-state index is 0.130. The lowest BCUT2D eigenvalue weighted by molar-refractivity contribution is -0.0722. The highest BCUT2D eigenvalue weighted by Gasteiger charge is 2.29. The van der Waals surface area contributed by atoms with Crippen LogP contribution in [0.1, 0.15) is 5.56 Å². The molecule has 1 unspecified atom stereocenters. The van der Waals surface area contributed by atoms with E-state index in [0.717, 1.165) is 0 Å². The van der Waals surface area contributed by atoms with Crippen molar-refractivity contribution >= 4 is 17.3 Å². The van der Waals surface area contributed by atoms with Crippen molar-refractivity contribution in [3.05, 3.63) is 52.0 Å². The van der Waals surface area contributed by atoms with E-state index in [1.807, 2.05) is 0 Å². The summed E-state index contributed by atoms with van der Waals surface area (Å²) in [7, 11) is 0. The fraction of sp³-hybridized carbons (Fsp3) is 0.438. The summed E-state index contributed by atoms with van der Waals surface area (Å²) in [6, 6.07) is 6.94. The Morgan fingerprint density at radius 3 is 2.60 bits per heavy atom. The molecule has 1 aromatic rings. The number of nitrogens with zero attached hydrogens (tertiary/aromatic N) is 2. The number of aliphatic hydroxyl groups excluding tert-OH is 1. The van der Waals surface area contributed by atoms with Gasteiger partial charge in [0.15, 0.2) is 0 Å². The molecule has 0 bridgehead atoms. The van der Waals surface area contributed by atoms with Crippen molar-refractivity contribution in [2.24, 2.45) is 11.7 Å². The molecule has 1 saturated heterocycles. The number of benzene rings is 1. The van der Waals surface area contributed by atoms with Crippen LogP contribution in [0, 0.1) is 5.92 Å². The molecular formula is C16H18ClF3N3O2-. The lowest BCUT2D eigenvalue weighted by Crippen LogP contribution is -2.46. The van der Waals surface area contributed by atoms with E-state index in [2.05, 4.69) is 0 Å². The molecule has 0 amide bonds. The monoisotopic (exact) mass is 376 g/mol. The van der Waals surface area contributed by atoms with Crippen molar-refractivity contribution in [2.75, 3.05) is 19.8 Å². The van der Waals surface area contributed by atoms with Crippen LogP contribution in [-0.4, -0.2) is 47.9 Å². The van der Waals surface area contributed by atoms with E-state index in [9.17, 15) is 18.3 Å². The van der Waals surface area contributed by atoms with Crippen molar-refractivity contribution in [2.45, 2.75) is 18.9 Å². The van der Waals surface area contributed by atoms with Crippen LogP contribution in [0.15, 0.2) is 36.0 Å². The number of aliphatic hydroxyl groups is 1. The van der Waals surface area contributed by atoms with E-state index < -0.39 is 23.8 Å². The van der Waals surface area contributed by atoms with Gasteiger partial charge in [-0.25, -0.2) is 0 Å². The minimum atomic E-state index is -4.93. The van der Waals surface area contributed by atoms with Crippen LogP contribution in [0.3, 0.4) is 0 Å². The van der Waals surface area contributed by atoms with Gasteiger partial charge in [-0.15, -0.1) is 0 Å². The first kappa shape index (κ1) is 19.7. The fourth-order valence-electron chi connectivity index (χ4n) is 2.34. The van der Waals surface area contributed by atoms with Crippen LogP contribution < -0.4 is 5.73 Å². The van der Waals surface area contributed by atoms with Gasteiger partial charge in [0, 0.05) is 24.0 Å². The highest BCUT2D eigenvalue weighted by atomic mass is 35.5. The Balaban J connectivity index is 2.17. The molecule has 0 radical (unpaired) electrons. The molecule has 3 N–H and O–H groups in total. The molecule has 9 heteroatoms. The second-order valence-corrected chi connectivity index (χ2v) is 6.23. The van der Waals surface area contributed by atoms with Crippen LogP contribution in [0.5, 0.6) is 0 Å². The summed E-state index contributed by atoms with van der Waals surface area (Å²) in [6.07, 6.45) is -6.12. The molecule has 1 aliphatic heterocycles. The van der Waals surface area contributed by atoms with E-state index in [1.165, 1.54) is 4.90 Å². The second-order valence-electron chi connectivity index (χ2n) is 5.83. The molecule has 5 nitrogen and oxygen atoms in total. The summed E-state index contributed by atoms with van der Waals surface area (Å²) in [5, 5.41) is 19.9. The van der Waals surface area contributed by atoms with Crippen molar-refractivity contribution in [3.63, 3.8) is 0 Å². The second kappa shape index (κ2) is 8.18. The van der Waals surface area contributed by atoms with Gasteiger partial charge in [-0.05, 0) is 11.6 Å². The van der Waals surface area contributed by atoms with Gasteiger partial charge in [0.1, 0.15) is 6.23 Å². The molecule has 1 aromatic carbocycles. The standard InChI is InChI=1S/C16H18ClF3N3O2/c17-12-4-2-1-3-11(12)7-23(6-10-8-25-9-10)15(24)13(21)5-14(22)16(18,19)20/h1-5,10,15,24H,6-9,21H2/q-1/b13-5-. The maximum atomic E-state index is 12.4. The highest BCUT2D eigenvalue weighted by Crippen LogP contribution is 2.23. The SMILES string of the molecule is [N-]=C(/C=C(\N)C(O)N(Cc1ccccc1Cl)CC1COC1)C(F)(F)F. The fourth-order valence-corrected chi connectivity index (χ4v) is 2.54. The number of alkyl halides is 3. The number of ether oxygens (including phenoxy) is 1. The van der Waals surface area contributed by atoms with Crippen molar-refractivity contribution in [3.8, 4) is 0 Å². The Labute approximate surface area is 148 Å². The summed E-state index contributed by atoms with van der Waals surface area (Å²) < 4.78 is 42.4. The molecule has 0 aliphatic carbocycles. The molecule has 0 spiro atoms. The average molecular weight is 377 g/mol. The topological polar surface area (TPSA) is 81.0 Å². The number of halogens is 4. The van der Waals surface area contributed by atoms with Gasteiger partial charge in [-0.1, -0.05) is 41.6 Å². The third-order valence-electron chi connectivity index (χ3n) is 3.77. The number of rotatable bonds is 7. The number of hydrogen-bond donors (Lipinski definition) is 2. The van der Waals surface area contributed by atoms with Gasteiger partial charge >= 0.3 is 6.18 Å². The smallest absolute Gasteiger partial charge is 0.395 e. The predicted molar refractivity (Wildman–Crippen MR) is 88.9 cm³/mol. The minimum Gasteiger partial charge on any atom is -0.800 e. The van der Waals surface area contributed by atoms with Crippen LogP contribution in [-0.2, 0) is 11.3 Å². The number of hydrogen-bond acceptors (Lipinski definition) is 4. The quantitative estimate of drug-likeness (QED) is 0.566. The average Bonchev–Trinajstić information content (AvgIpc) is 2.49. The Morgan fingerprint density at radius 1 is 1.44 bits per heavy atom. The molecule has 2 rings (SSSR count). The van der Waals surface area contributed by atoms with Gasteiger partial charge in [0.25, 0.3) is 0 Å². The van der Waals surface area contributed by atoms with Gasteiger partial charge < -0.3 is 21.0 Å². The van der Waals surface area contributed by atoms with Crippen LogP contribution in [0.25, 0.3) is 5.41 Å². The van der Waals surface area contributed by atoms with Crippen molar-refractivity contribution < 1.29 is 23.0 Å². The van der Waals surface area contributed by atoms with Crippen LogP contribution in [0.4, 0.5) is 13.2 Å². The summed E-state index contributed by atoms with van der Waals surface area (Å²) in [4.78, 5) is 1.49. The summed E-state index contributed by atoms with van der Waals surface area (Å²) in [5.41, 5.74) is 3.88. The molecule has 138 valence electrons. The Bertz CT molecular complexity index is 648. The third-order valence-corrected chi connectivity index (χ3v) is 4.14. The largest absolute Gasteiger partial charge is 0.800 e. The van der Waals surface area contributed by atoms with E-state index >= 15 is 0 Å². The Morgan fingerprint density at radius 2 is 2.08 bits per heavy atom. The zero-order chi connectivity index (χ0) is 18.6. The maximum absolute atomic E-state index is 12.4. The van der Waals surface area contributed by atoms with Gasteiger partial charge in [0.2, 0.25) is 0 Å². The van der Waals surface area contributed by atoms with E-state index in [1.54, 1.807) is 24.3 Å². The zero-order valence-electron chi connectivity index (χ0n) is 13.2. The lowest BCUT2D eigenvalue weighted by atomic mass is 10.1. The van der Waals surface area contributed by atoms with Crippen LogP contribution >= 0.6 is 11.6 Å². The lowest BCUT2D eigenvalue weighted by Gasteiger charge is -2.35. The number of nitrogens with two attached hydrogens (primary N) is 1. The first-order valence-corrected chi connectivity index (χ1v) is 7.89. The molecule has 1 heterocycles. The molecule has 1 atom stereocenters. The molecule has 25 heavy (non-hydrogen) atoms. The van der Waals surface area contributed by atoms with Crippen molar-refractivity contribution in [1.29, 1.82) is 0 Å². The maximum Gasteiger partial charge on any atom is 0.395 e. The van der Waals surface area contributed by atoms with E-state index in [0.29, 0.717) is 36.4 Å². The summed E-state index contributed by atoms with van der Waals surface area (Å²) >= 11 is 6.11. The predicted octanol–water partition coefficient (Wildman–Crippen LogP) is 2.52. The van der Waals surface area contributed by atoms with Gasteiger partial charge in [-0.3, -0.25) is 4.90 Å².